The van der Waals surface area contributed by atoms with Gasteiger partial charge >= 0.3 is 5.97 Å². The Morgan fingerprint density at radius 2 is 1.67 bits per heavy atom. The second-order valence-electron chi connectivity index (χ2n) is 4.91. The highest BCUT2D eigenvalue weighted by atomic mass is 16.5. The summed E-state index contributed by atoms with van der Waals surface area (Å²) < 4.78 is 15.4. The lowest BCUT2D eigenvalue weighted by atomic mass is 10.2. The highest BCUT2D eigenvalue weighted by molar-refractivity contribution is 5.98. The fraction of sp³-hybridized carbons (Fsp3) is 0.222. The molecule has 0 aliphatic rings. The van der Waals surface area contributed by atoms with Crippen molar-refractivity contribution in [2.24, 2.45) is 0 Å². The van der Waals surface area contributed by atoms with Gasteiger partial charge in [0, 0.05) is 12.7 Å². The summed E-state index contributed by atoms with van der Waals surface area (Å²) in [6.45, 7) is -0.370. The zero-order valence-corrected chi connectivity index (χ0v) is 13.8. The number of benzene rings is 2. The van der Waals surface area contributed by atoms with Crippen LogP contribution in [0.4, 0.5) is 5.69 Å². The zero-order chi connectivity index (χ0) is 17.5. The molecule has 0 aliphatic carbocycles. The minimum absolute atomic E-state index is 0.201. The fourth-order valence-electron chi connectivity index (χ4n) is 2.15. The first kappa shape index (κ1) is 17.3. The van der Waals surface area contributed by atoms with Gasteiger partial charge in [0.25, 0.3) is 5.91 Å². The molecule has 0 aromatic heterocycles. The van der Waals surface area contributed by atoms with E-state index < -0.39 is 5.97 Å². The van der Waals surface area contributed by atoms with Crippen molar-refractivity contribution in [1.29, 1.82) is 0 Å². The maximum atomic E-state index is 12.2. The molecule has 0 saturated heterocycles. The van der Waals surface area contributed by atoms with E-state index in [1.807, 2.05) is 18.2 Å². The zero-order valence-electron chi connectivity index (χ0n) is 13.8. The molecule has 6 heteroatoms. The number of anilines is 1. The third-order valence-electron chi connectivity index (χ3n) is 3.47. The standard InChI is InChI=1S/C18H19NO5/c1-19(13-8-5-4-6-9-13)16(20)12-24-18(21)14-10-7-11-15(22-2)17(14)23-3/h4-11H,12H2,1-3H3. The Kier molecular flexibility index (Phi) is 5.78. The van der Waals surface area contributed by atoms with Crippen LogP contribution >= 0.6 is 0 Å². The molecular weight excluding hydrogens is 310 g/mol. The number of nitrogens with zero attached hydrogens (tertiary/aromatic N) is 1. The summed E-state index contributed by atoms with van der Waals surface area (Å²) in [5.41, 5.74) is 0.921. The summed E-state index contributed by atoms with van der Waals surface area (Å²) in [4.78, 5) is 25.8. The second-order valence-corrected chi connectivity index (χ2v) is 4.91. The molecule has 24 heavy (non-hydrogen) atoms. The molecule has 126 valence electrons. The van der Waals surface area contributed by atoms with Crippen molar-refractivity contribution >= 4 is 17.6 Å². The maximum absolute atomic E-state index is 12.2. The van der Waals surface area contributed by atoms with Crippen LogP contribution < -0.4 is 14.4 Å². The van der Waals surface area contributed by atoms with E-state index >= 15 is 0 Å². The first-order valence-electron chi connectivity index (χ1n) is 7.28. The van der Waals surface area contributed by atoms with Gasteiger partial charge in [-0.25, -0.2) is 4.79 Å². The van der Waals surface area contributed by atoms with Crippen molar-refractivity contribution in [2.75, 3.05) is 32.8 Å². The minimum atomic E-state index is -0.652. The Bertz CT molecular complexity index is 715. The smallest absolute Gasteiger partial charge is 0.342 e. The number of rotatable bonds is 6. The SMILES string of the molecule is COc1cccc(C(=O)OCC(=O)N(C)c2ccccc2)c1OC. The van der Waals surface area contributed by atoms with Gasteiger partial charge in [0.2, 0.25) is 0 Å². The Hall–Kier alpha value is -3.02. The summed E-state index contributed by atoms with van der Waals surface area (Å²) in [5, 5.41) is 0. The van der Waals surface area contributed by atoms with Gasteiger partial charge in [0.1, 0.15) is 5.56 Å². The number of amides is 1. The number of methoxy groups -OCH3 is 2. The number of carbonyl (C=O) groups excluding carboxylic acids is 2. The Morgan fingerprint density at radius 1 is 0.958 bits per heavy atom. The number of hydrogen-bond acceptors (Lipinski definition) is 5. The average Bonchev–Trinajstić information content (AvgIpc) is 2.64. The van der Waals surface area contributed by atoms with Crippen LogP contribution in [0.3, 0.4) is 0 Å². The number of carbonyl (C=O) groups is 2. The third kappa shape index (κ3) is 3.84. The number of esters is 1. The van der Waals surface area contributed by atoms with Gasteiger partial charge in [-0.3, -0.25) is 4.79 Å². The van der Waals surface area contributed by atoms with Gasteiger partial charge < -0.3 is 19.1 Å². The van der Waals surface area contributed by atoms with Crippen LogP contribution in [0.1, 0.15) is 10.4 Å². The van der Waals surface area contributed by atoms with Crippen LogP contribution in [0.5, 0.6) is 11.5 Å². The van der Waals surface area contributed by atoms with Crippen molar-refractivity contribution in [3.05, 3.63) is 54.1 Å². The largest absolute Gasteiger partial charge is 0.493 e. The highest BCUT2D eigenvalue weighted by Gasteiger charge is 2.20. The van der Waals surface area contributed by atoms with Crippen LogP contribution in [0.2, 0.25) is 0 Å². The fourth-order valence-corrected chi connectivity index (χ4v) is 2.15. The van der Waals surface area contributed by atoms with Gasteiger partial charge in [-0.1, -0.05) is 24.3 Å². The molecule has 0 fully saturated rings. The second kappa shape index (κ2) is 8.01. The Labute approximate surface area is 140 Å². The van der Waals surface area contributed by atoms with Crippen molar-refractivity contribution in [1.82, 2.24) is 0 Å². The van der Waals surface area contributed by atoms with Gasteiger partial charge in [-0.15, -0.1) is 0 Å². The van der Waals surface area contributed by atoms with E-state index in [1.165, 1.54) is 19.1 Å². The van der Waals surface area contributed by atoms with Gasteiger partial charge in [-0.2, -0.15) is 0 Å². The lowest BCUT2D eigenvalue weighted by Crippen LogP contribution is -2.31. The predicted octanol–water partition coefficient (Wildman–Crippen LogP) is 2.52. The molecule has 2 rings (SSSR count). The highest BCUT2D eigenvalue weighted by Crippen LogP contribution is 2.31. The molecule has 2 aromatic rings. The molecule has 0 aliphatic heterocycles. The summed E-state index contributed by atoms with van der Waals surface area (Å²) in [6.07, 6.45) is 0. The average molecular weight is 329 g/mol. The van der Waals surface area contributed by atoms with E-state index in [9.17, 15) is 9.59 Å². The third-order valence-corrected chi connectivity index (χ3v) is 3.47. The van der Waals surface area contributed by atoms with Crippen molar-refractivity contribution in [3.63, 3.8) is 0 Å². The first-order valence-corrected chi connectivity index (χ1v) is 7.28. The van der Waals surface area contributed by atoms with Gasteiger partial charge in [-0.05, 0) is 24.3 Å². The first-order chi connectivity index (χ1) is 11.6. The molecule has 0 saturated carbocycles. The summed E-state index contributed by atoms with van der Waals surface area (Å²) in [5.74, 6) is -0.300. The molecule has 0 radical (unpaired) electrons. The van der Waals surface area contributed by atoms with Gasteiger partial charge in [0.05, 0.1) is 14.2 Å². The number of likely N-dealkylation sites (N-methyl/N-ethyl adjacent to an activating group) is 1. The summed E-state index contributed by atoms with van der Waals surface area (Å²) >= 11 is 0. The quantitative estimate of drug-likeness (QED) is 0.762. The molecule has 0 heterocycles. The molecular formula is C18H19NO5. The van der Waals surface area contributed by atoms with Crippen LogP contribution in [-0.2, 0) is 9.53 Å². The lowest BCUT2D eigenvalue weighted by molar-refractivity contribution is -0.121. The Morgan fingerprint density at radius 3 is 2.29 bits per heavy atom. The topological polar surface area (TPSA) is 65.1 Å². The number of ether oxygens (including phenoxy) is 3. The van der Waals surface area contributed by atoms with Crippen LogP contribution in [0.15, 0.2) is 48.5 Å². The minimum Gasteiger partial charge on any atom is -0.493 e. The lowest BCUT2D eigenvalue weighted by Gasteiger charge is -2.17. The molecule has 6 nitrogen and oxygen atoms in total. The van der Waals surface area contributed by atoms with Crippen LogP contribution in [-0.4, -0.2) is 39.8 Å². The van der Waals surface area contributed by atoms with Crippen molar-refractivity contribution in [3.8, 4) is 11.5 Å². The van der Waals surface area contributed by atoms with Crippen molar-refractivity contribution in [2.45, 2.75) is 0 Å². The van der Waals surface area contributed by atoms with Crippen LogP contribution in [0, 0.1) is 0 Å². The molecule has 0 atom stereocenters. The van der Waals surface area contributed by atoms with Crippen molar-refractivity contribution < 1.29 is 23.8 Å². The van der Waals surface area contributed by atoms with E-state index in [0.717, 1.165) is 5.69 Å². The predicted molar refractivity (Wildman–Crippen MR) is 89.7 cm³/mol. The molecule has 0 bridgehead atoms. The molecule has 0 unspecified atom stereocenters. The van der Waals surface area contributed by atoms with Gasteiger partial charge in [0.15, 0.2) is 18.1 Å². The normalized spacial score (nSPS) is 9.96. The summed E-state index contributed by atoms with van der Waals surface area (Å²) in [6, 6.07) is 14.0. The van der Waals surface area contributed by atoms with E-state index in [0.29, 0.717) is 5.75 Å². The monoisotopic (exact) mass is 329 g/mol. The molecule has 1 amide bonds. The van der Waals surface area contributed by atoms with E-state index in [-0.39, 0.29) is 23.8 Å². The maximum Gasteiger partial charge on any atom is 0.342 e. The molecule has 2 aromatic carbocycles. The van der Waals surface area contributed by atoms with E-state index in [4.69, 9.17) is 14.2 Å². The van der Waals surface area contributed by atoms with E-state index in [1.54, 1.807) is 37.4 Å². The molecule has 0 spiro atoms. The summed E-state index contributed by atoms with van der Waals surface area (Å²) in [7, 11) is 4.53. The van der Waals surface area contributed by atoms with E-state index in [2.05, 4.69) is 0 Å². The van der Waals surface area contributed by atoms with Crippen LogP contribution in [0.25, 0.3) is 0 Å². The Balaban J connectivity index is 2.04. The number of para-hydroxylation sites is 2. The molecule has 0 N–H and O–H groups in total. The number of hydrogen-bond donors (Lipinski definition) is 0.